The van der Waals surface area contributed by atoms with Crippen molar-refractivity contribution in [3.05, 3.63) is 50.4 Å². The SMILES string of the molecule is Cn1cnc(Cc2ccc(Cl)cc2Cl)c1Br. The molecule has 0 spiro atoms. The van der Waals surface area contributed by atoms with E-state index in [1.54, 1.807) is 12.4 Å². The van der Waals surface area contributed by atoms with E-state index in [1.165, 1.54) is 0 Å². The maximum absolute atomic E-state index is 6.10. The molecule has 1 heterocycles. The van der Waals surface area contributed by atoms with Gasteiger partial charge in [0.1, 0.15) is 4.60 Å². The summed E-state index contributed by atoms with van der Waals surface area (Å²) in [6, 6.07) is 5.50. The molecular weight excluding hydrogens is 311 g/mol. The van der Waals surface area contributed by atoms with E-state index in [0.29, 0.717) is 16.5 Å². The van der Waals surface area contributed by atoms with Gasteiger partial charge in [0.15, 0.2) is 0 Å². The standard InChI is InChI=1S/C11H9BrCl2N2/c1-16-6-15-10(11(16)12)4-7-2-3-8(13)5-9(7)14/h2-3,5-6H,4H2,1H3. The highest BCUT2D eigenvalue weighted by Gasteiger charge is 2.09. The van der Waals surface area contributed by atoms with E-state index >= 15 is 0 Å². The van der Waals surface area contributed by atoms with Gasteiger partial charge in [-0.05, 0) is 33.6 Å². The van der Waals surface area contributed by atoms with E-state index < -0.39 is 0 Å². The normalized spacial score (nSPS) is 10.8. The van der Waals surface area contributed by atoms with Crippen LogP contribution in [-0.4, -0.2) is 9.55 Å². The minimum absolute atomic E-state index is 0.647. The summed E-state index contributed by atoms with van der Waals surface area (Å²) in [5.41, 5.74) is 1.98. The largest absolute Gasteiger partial charge is 0.328 e. The van der Waals surface area contributed by atoms with Crippen molar-refractivity contribution in [2.24, 2.45) is 7.05 Å². The minimum Gasteiger partial charge on any atom is -0.328 e. The van der Waals surface area contributed by atoms with Crippen molar-refractivity contribution < 1.29 is 0 Å². The summed E-state index contributed by atoms with van der Waals surface area (Å²) in [4.78, 5) is 4.30. The molecule has 16 heavy (non-hydrogen) atoms. The average Bonchev–Trinajstić information content (AvgIpc) is 2.54. The van der Waals surface area contributed by atoms with Gasteiger partial charge in [0.25, 0.3) is 0 Å². The van der Waals surface area contributed by atoms with E-state index in [2.05, 4.69) is 20.9 Å². The number of benzene rings is 1. The van der Waals surface area contributed by atoms with Gasteiger partial charge in [-0.3, -0.25) is 0 Å². The Morgan fingerprint density at radius 3 is 2.69 bits per heavy atom. The van der Waals surface area contributed by atoms with Gasteiger partial charge >= 0.3 is 0 Å². The molecule has 0 unspecified atom stereocenters. The molecule has 5 heteroatoms. The lowest BCUT2D eigenvalue weighted by molar-refractivity contribution is 0.887. The van der Waals surface area contributed by atoms with Crippen molar-refractivity contribution in [1.82, 2.24) is 9.55 Å². The zero-order chi connectivity index (χ0) is 11.7. The first-order chi connectivity index (χ1) is 7.58. The fourth-order valence-corrected chi connectivity index (χ4v) is 2.24. The molecule has 1 aromatic carbocycles. The lowest BCUT2D eigenvalue weighted by Crippen LogP contribution is -1.92. The van der Waals surface area contributed by atoms with E-state index in [4.69, 9.17) is 23.2 Å². The van der Waals surface area contributed by atoms with Gasteiger partial charge in [-0.25, -0.2) is 4.98 Å². The predicted octanol–water partition coefficient (Wildman–Crippen LogP) is 4.08. The summed E-state index contributed by atoms with van der Waals surface area (Å²) in [5.74, 6) is 0. The zero-order valence-electron chi connectivity index (χ0n) is 8.54. The Morgan fingerprint density at radius 2 is 2.12 bits per heavy atom. The van der Waals surface area contributed by atoms with Gasteiger partial charge in [-0.2, -0.15) is 0 Å². The fraction of sp³-hybridized carbons (Fsp3) is 0.182. The topological polar surface area (TPSA) is 17.8 Å². The molecule has 0 N–H and O–H groups in total. The number of rotatable bonds is 2. The molecule has 0 atom stereocenters. The van der Waals surface area contributed by atoms with Crippen LogP contribution in [0.4, 0.5) is 0 Å². The maximum Gasteiger partial charge on any atom is 0.108 e. The van der Waals surface area contributed by atoms with Gasteiger partial charge in [0, 0.05) is 23.5 Å². The summed E-state index contributed by atoms with van der Waals surface area (Å²) in [7, 11) is 1.93. The molecule has 0 amide bonds. The van der Waals surface area contributed by atoms with Crippen LogP contribution >= 0.6 is 39.1 Å². The monoisotopic (exact) mass is 318 g/mol. The number of hydrogen-bond acceptors (Lipinski definition) is 1. The molecule has 0 fully saturated rings. The van der Waals surface area contributed by atoms with Crippen LogP contribution in [0.5, 0.6) is 0 Å². The van der Waals surface area contributed by atoms with E-state index in [1.807, 2.05) is 23.7 Å². The van der Waals surface area contributed by atoms with Crippen LogP contribution in [0.1, 0.15) is 11.3 Å². The van der Waals surface area contributed by atoms with E-state index in [-0.39, 0.29) is 0 Å². The smallest absolute Gasteiger partial charge is 0.108 e. The summed E-state index contributed by atoms with van der Waals surface area (Å²) < 4.78 is 2.89. The molecule has 0 saturated carbocycles. The van der Waals surface area contributed by atoms with Gasteiger partial charge in [0.05, 0.1) is 12.0 Å². The number of halogens is 3. The Balaban J connectivity index is 2.30. The Hall–Kier alpha value is -0.510. The first kappa shape index (κ1) is 12.0. The van der Waals surface area contributed by atoms with Crippen molar-refractivity contribution in [1.29, 1.82) is 0 Å². The van der Waals surface area contributed by atoms with Gasteiger partial charge in [0.2, 0.25) is 0 Å². The van der Waals surface area contributed by atoms with Crippen molar-refractivity contribution >= 4 is 39.1 Å². The minimum atomic E-state index is 0.647. The van der Waals surface area contributed by atoms with Crippen molar-refractivity contribution in [3.63, 3.8) is 0 Å². The highest BCUT2D eigenvalue weighted by molar-refractivity contribution is 9.10. The quantitative estimate of drug-likeness (QED) is 0.815. The molecule has 0 aliphatic heterocycles. The van der Waals surface area contributed by atoms with Crippen LogP contribution in [0.25, 0.3) is 0 Å². The third-order valence-electron chi connectivity index (χ3n) is 2.31. The second-order valence-corrected chi connectivity index (χ2v) is 5.10. The average molecular weight is 320 g/mol. The number of nitrogens with zero attached hydrogens (tertiary/aromatic N) is 2. The third-order valence-corrected chi connectivity index (χ3v) is 3.91. The van der Waals surface area contributed by atoms with E-state index in [0.717, 1.165) is 15.9 Å². The number of imidazole rings is 1. The fourth-order valence-electron chi connectivity index (χ4n) is 1.43. The van der Waals surface area contributed by atoms with Gasteiger partial charge < -0.3 is 4.57 Å². The first-order valence-electron chi connectivity index (χ1n) is 4.67. The summed E-state index contributed by atoms with van der Waals surface area (Å²) in [5, 5.41) is 1.32. The molecule has 0 aliphatic carbocycles. The number of hydrogen-bond donors (Lipinski definition) is 0. The van der Waals surface area contributed by atoms with Crippen LogP contribution in [-0.2, 0) is 13.5 Å². The predicted molar refractivity (Wildman–Crippen MR) is 70.2 cm³/mol. The first-order valence-corrected chi connectivity index (χ1v) is 6.22. The molecule has 0 radical (unpaired) electrons. The molecule has 0 saturated heterocycles. The van der Waals surface area contributed by atoms with Gasteiger partial charge in [-0.15, -0.1) is 0 Å². The summed E-state index contributed by atoms with van der Waals surface area (Å²) in [6.07, 6.45) is 2.46. The molecule has 2 rings (SSSR count). The zero-order valence-corrected chi connectivity index (χ0v) is 11.6. The lowest BCUT2D eigenvalue weighted by atomic mass is 10.1. The highest BCUT2D eigenvalue weighted by Crippen LogP contribution is 2.25. The number of aryl methyl sites for hydroxylation is 1. The Labute approximate surface area is 112 Å². The Kier molecular flexibility index (Phi) is 3.57. The second-order valence-electron chi connectivity index (χ2n) is 3.51. The van der Waals surface area contributed by atoms with Crippen molar-refractivity contribution in [2.75, 3.05) is 0 Å². The van der Waals surface area contributed by atoms with Crippen LogP contribution in [0.2, 0.25) is 10.0 Å². The Bertz CT molecular complexity index is 523. The molecule has 2 nitrogen and oxygen atoms in total. The maximum atomic E-state index is 6.10. The second kappa shape index (κ2) is 4.78. The lowest BCUT2D eigenvalue weighted by Gasteiger charge is -2.03. The molecule has 2 aromatic rings. The molecular formula is C11H9BrCl2N2. The highest BCUT2D eigenvalue weighted by atomic mass is 79.9. The van der Waals surface area contributed by atoms with Gasteiger partial charge in [-0.1, -0.05) is 29.3 Å². The van der Waals surface area contributed by atoms with E-state index in [9.17, 15) is 0 Å². The van der Waals surface area contributed by atoms with Crippen LogP contribution in [0, 0.1) is 0 Å². The van der Waals surface area contributed by atoms with Crippen LogP contribution in [0.3, 0.4) is 0 Å². The van der Waals surface area contributed by atoms with Crippen LogP contribution in [0.15, 0.2) is 29.1 Å². The summed E-state index contributed by atoms with van der Waals surface area (Å²) in [6.45, 7) is 0. The Morgan fingerprint density at radius 1 is 1.38 bits per heavy atom. The third kappa shape index (κ3) is 2.42. The number of aromatic nitrogens is 2. The molecule has 0 bridgehead atoms. The molecule has 1 aromatic heterocycles. The van der Waals surface area contributed by atoms with Crippen molar-refractivity contribution in [2.45, 2.75) is 6.42 Å². The molecule has 84 valence electrons. The van der Waals surface area contributed by atoms with Crippen LogP contribution < -0.4 is 0 Å². The van der Waals surface area contributed by atoms with Crippen molar-refractivity contribution in [3.8, 4) is 0 Å². The molecule has 0 aliphatic rings. The summed E-state index contributed by atoms with van der Waals surface area (Å²) >= 11 is 15.4.